The maximum Gasteiger partial charge on any atom is 0.160 e. The number of alkyl halides is 1. The number of halogens is 1. The fourth-order valence-electron chi connectivity index (χ4n) is 2.29. The molecule has 1 aliphatic heterocycles. The Morgan fingerprint density at radius 1 is 1.44 bits per heavy atom. The van der Waals surface area contributed by atoms with Crippen LogP contribution in [-0.2, 0) is 0 Å². The van der Waals surface area contributed by atoms with E-state index in [9.17, 15) is 9.50 Å². The number of benzene rings is 1. The number of hydrogen-bond donors (Lipinski definition) is 2. The number of methoxy groups -OCH3 is 1. The molecule has 0 spiro atoms. The van der Waals surface area contributed by atoms with Crippen molar-refractivity contribution in [2.45, 2.75) is 6.04 Å². The predicted molar refractivity (Wildman–Crippen MR) is 67.8 cm³/mol. The number of phenolic OH excluding ortho intramolecular Hbond substituents is 1. The number of hydrogen-bond acceptors (Lipinski definition) is 4. The minimum atomic E-state index is -0.437. The van der Waals surface area contributed by atoms with Crippen molar-refractivity contribution in [2.75, 3.05) is 40.0 Å². The van der Waals surface area contributed by atoms with Crippen LogP contribution < -0.4 is 10.1 Å². The SMILES string of the molecule is COc1cc([C@@H](CF)N2CCNCC2)ccc1O. The second-order valence-corrected chi connectivity index (χ2v) is 4.39. The van der Waals surface area contributed by atoms with E-state index >= 15 is 0 Å². The van der Waals surface area contributed by atoms with Crippen molar-refractivity contribution in [3.05, 3.63) is 23.8 Å². The normalized spacial score (nSPS) is 18.6. The number of nitrogens with one attached hydrogen (secondary N) is 1. The average molecular weight is 254 g/mol. The Labute approximate surface area is 106 Å². The highest BCUT2D eigenvalue weighted by Crippen LogP contribution is 2.31. The van der Waals surface area contributed by atoms with Gasteiger partial charge in [0.1, 0.15) is 6.67 Å². The van der Waals surface area contributed by atoms with Crippen molar-refractivity contribution in [2.24, 2.45) is 0 Å². The molecule has 0 aliphatic carbocycles. The molecular weight excluding hydrogens is 235 g/mol. The van der Waals surface area contributed by atoms with Gasteiger partial charge in [0.15, 0.2) is 11.5 Å². The van der Waals surface area contributed by atoms with Gasteiger partial charge in [-0.25, -0.2) is 4.39 Å². The Morgan fingerprint density at radius 3 is 2.78 bits per heavy atom. The number of aromatic hydroxyl groups is 1. The fourth-order valence-corrected chi connectivity index (χ4v) is 2.29. The summed E-state index contributed by atoms with van der Waals surface area (Å²) in [7, 11) is 1.49. The summed E-state index contributed by atoms with van der Waals surface area (Å²) < 4.78 is 18.4. The first-order chi connectivity index (χ1) is 8.76. The lowest BCUT2D eigenvalue weighted by atomic mass is 10.0. The van der Waals surface area contributed by atoms with E-state index in [0.717, 1.165) is 31.7 Å². The molecule has 0 radical (unpaired) electrons. The van der Waals surface area contributed by atoms with Crippen LogP contribution in [0.2, 0.25) is 0 Å². The lowest BCUT2D eigenvalue weighted by molar-refractivity contribution is 0.147. The summed E-state index contributed by atoms with van der Waals surface area (Å²) in [5.41, 5.74) is 0.842. The molecule has 1 aliphatic rings. The standard InChI is InChI=1S/C13H19FN2O2/c1-18-13-8-10(2-3-12(13)17)11(9-14)16-6-4-15-5-7-16/h2-3,8,11,15,17H,4-7,9H2,1H3/t11-/m1/s1. The quantitative estimate of drug-likeness (QED) is 0.850. The summed E-state index contributed by atoms with van der Waals surface area (Å²) in [5, 5.41) is 12.8. The number of phenols is 1. The van der Waals surface area contributed by atoms with E-state index in [1.165, 1.54) is 7.11 Å². The number of piperazine rings is 1. The fraction of sp³-hybridized carbons (Fsp3) is 0.538. The van der Waals surface area contributed by atoms with Crippen molar-refractivity contribution in [3.8, 4) is 11.5 Å². The maximum absolute atomic E-state index is 13.3. The lowest BCUT2D eigenvalue weighted by Gasteiger charge is -2.33. The molecule has 1 aromatic carbocycles. The van der Waals surface area contributed by atoms with E-state index in [-0.39, 0.29) is 11.8 Å². The molecule has 100 valence electrons. The van der Waals surface area contributed by atoms with Gasteiger partial charge in [0.2, 0.25) is 0 Å². The van der Waals surface area contributed by atoms with Gasteiger partial charge in [0, 0.05) is 26.2 Å². The molecule has 2 N–H and O–H groups in total. The van der Waals surface area contributed by atoms with Crippen LogP contribution in [0, 0.1) is 0 Å². The molecule has 0 amide bonds. The minimum Gasteiger partial charge on any atom is -0.504 e. The topological polar surface area (TPSA) is 44.7 Å². The van der Waals surface area contributed by atoms with Gasteiger partial charge < -0.3 is 15.2 Å². The first-order valence-corrected chi connectivity index (χ1v) is 6.14. The molecule has 1 aromatic rings. The molecule has 0 aromatic heterocycles. The van der Waals surface area contributed by atoms with Gasteiger partial charge in [-0.2, -0.15) is 0 Å². The van der Waals surface area contributed by atoms with Crippen molar-refractivity contribution >= 4 is 0 Å². The second kappa shape index (κ2) is 6.02. The van der Waals surface area contributed by atoms with Crippen molar-refractivity contribution < 1.29 is 14.2 Å². The largest absolute Gasteiger partial charge is 0.504 e. The summed E-state index contributed by atoms with van der Waals surface area (Å²) in [6, 6.07) is 4.76. The van der Waals surface area contributed by atoms with Crippen LogP contribution in [0.4, 0.5) is 4.39 Å². The van der Waals surface area contributed by atoms with Crippen molar-refractivity contribution in [1.82, 2.24) is 10.2 Å². The van der Waals surface area contributed by atoms with Gasteiger partial charge in [0.05, 0.1) is 13.2 Å². The maximum atomic E-state index is 13.3. The minimum absolute atomic E-state index is 0.0826. The summed E-state index contributed by atoms with van der Waals surface area (Å²) in [6.07, 6.45) is 0. The first kappa shape index (κ1) is 13.1. The van der Waals surface area contributed by atoms with Crippen molar-refractivity contribution in [3.63, 3.8) is 0 Å². The Hall–Kier alpha value is -1.33. The Morgan fingerprint density at radius 2 is 2.17 bits per heavy atom. The zero-order valence-corrected chi connectivity index (χ0v) is 10.5. The van der Waals surface area contributed by atoms with Crippen LogP contribution in [0.5, 0.6) is 11.5 Å². The highest BCUT2D eigenvalue weighted by molar-refractivity contribution is 5.42. The number of rotatable bonds is 4. The molecule has 1 atom stereocenters. The van der Waals surface area contributed by atoms with E-state index < -0.39 is 6.67 Å². The molecule has 1 saturated heterocycles. The van der Waals surface area contributed by atoms with Gasteiger partial charge >= 0.3 is 0 Å². The third-order valence-corrected chi connectivity index (χ3v) is 3.33. The number of ether oxygens (including phenoxy) is 1. The van der Waals surface area contributed by atoms with Gasteiger partial charge in [-0.1, -0.05) is 6.07 Å². The van der Waals surface area contributed by atoms with Crippen LogP contribution in [0.15, 0.2) is 18.2 Å². The summed E-state index contributed by atoms with van der Waals surface area (Å²) in [5.74, 6) is 0.472. The second-order valence-electron chi connectivity index (χ2n) is 4.39. The van der Waals surface area contributed by atoms with Crippen LogP contribution in [0.3, 0.4) is 0 Å². The molecular formula is C13H19FN2O2. The van der Waals surface area contributed by atoms with Crippen LogP contribution in [0.25, 0.3) is 0 Å². The number of nitrogens with zero attached hydrogens (tertiary/aromatic N) is 1. The monoisotopic (exact) mass is 254 g/mol. The zero-order valence-electron chi connectivity index (χ0n) is 10.5. The van der Waals surface area contributed by atoms with Gasteiger partial charge in [-0.05, 0) is 17.7 Å². The highest BCUT2D eigenvalue weighted by atomic mass is 19.1. The molecule has 5 heteroatoms. The van der Waals surface area contributed by atoms with Crippen LogP contribution in [-0.4, -0.2) is 50.0 Å². The van der Waals surface area contributed by atoms with E-state index in [4.69, 9.17) is 4.74 Å². The summed E-state index contributed by atoms with van der Waals surface area (Å²) in [6.45, 7) is 2.99. The molecule has 4 nitrogen and oxygen atoms in total. The molecule has 1 heterocycles. The summed E-state index contributed by atoms with van der Waals surface area (Å²) in [4.78, 5) is 2.11. The Bertz CT molecular complexity index is 395. The molecule has 18 heavy (non-hydrogen) atoms. The summed E-state index contributed by atoms with van der Waals surface area (Å²) >= 11 is 0. The van der Waals surface area contributed by atoms with Crippen LogP contribution in [0.1, 0.15) is 11.6 Å². The molecule has 0 bridgehead atoms. The van der Waals surface area contributed by atoms with E-state index in [2.05, 4.69) is 10.2 Å². The van der Waals surface area contributed by atoms with E-state index in [0.29, 0.717) is 5.75 Å². The van der Waals surface area contributed by atoms with Crippen molar-refractivity contribution in [1.29, 1.82) is 0 Å². The van der Waals surface area contributed by atoms with Gasteiger partial charge in [-0.15, -0.1) is 0 Å². The Balaban J connectivity index is 2.20. The smallest absolute Gasteiger partial charge is 0.160 e. The molecule has 0 saturated carbocycles. The molecule has 0 unspecified atom stereocenters. The third-order valence-electron chi connectivity index (χ3n) is 3.33. The molecule has 1 fully saturated rings. The lowest BCUT2D eigenvalue weighted by Crippen LogP contribution is -2.45. The molecule has 2 rings (SSSR count). The zero-order chi connectivity index (χ0) is 13.0. The highest BCUT2D eigenvalue weighted by Gasteiger charge is 2.22. The van der Waals surface area contributed by atoms with Gasteiger partial charge in [0.25, 0.3) is 0 Å². The predicted octanol–water partition coefficient (Wildman–Crippen LogP) is 1.32. The first-order valence-electron chi connectivity index (χ1n) is 6.14. The van der Waals surface area contributed by atoms with Gasteiger partial charge in [-0.3, -0.25) is 4.90 Å². The van der Waals surface area contributed by atoms with E-state index in [1.807, 2.05) is 0 Å². The Kier molecular flexibility index (Phi) is 4.38. The third kappa shape index (κ3) is 2.73. The average Bonchev–Trinajstić information content (AvgIpc) is 2.42. The van der Waals surface area contributed by atoms with Crippen LogP contribution >= 0.6 is 0 Å². The van der Waals surface area contributed by atoms with E-state index in [1.54, 1.807) is 18.2 Å².